The molecule has 5 rings (SSSR count). The summed E-state index contributed by atoms with van der Waals surface area (Å²) >= 11 is 0. The number of aliphatic hydroxyl groups is 1. The number of ether oxygens (including phenoxy) is 2. The summed E-state index contributed by atoms with van der Waals surface area (Å²) in [7, 11) is 3.34. The number of likely N-dealkylation sites (tertiary alicyclic amines) is 1. The number of carbonyl (C=O) groups excluding carboxylic acids is 2. The Bertz CT molecular complexity index is 1340. The van der Waals surface area contributed by atoms with Crippen LogP contribution in [0.1, 0.15) is 83.3 Å². The SMILES string of the molecule is COC(=O)C(C)(C)c1ccc(O[C@@H]2C[C@@H](O)[C@@H](NC(=O)[C@@H]3CC(C)(C)CN3C)C2)c(-c2cccc(F)c2C2CCC2)c1. The van der Waals surface area contributed by atoms with Gasteiger partial charge < -0.3 is 19.9 Å². The lowest BCUT2D eigenvalue weighted by atomic mass is 9.76. The number of methoxy groups -OCH3 is 1. The van der Waals surface area contributed by atoms with Gasteiger partial charge in [-0.2, -0.15) is 0 Å². The maximum absolute atomic E-state index is 15.3. The van der Waals surface area contributed by atoms with Gasteiger partial charge in [0.25, 0.3) is 0 Å². The van der Waals surface area contributed by atoms with E-state index in [0.717, 1.165) is 43.4 Å². The maximum atomic E-state index is 15.3. The molecule has 1 aliphatic heterocycles. The zero-order valence-corrected chi connectivity index (χ0v) is 25.7. The van der Waals surface area contributed by atoms with Crippen molar-refractivity contribution in [3.05, 3.63) is 53.3 Å². The number of nitrogens with zero attached hydrogens (tertiary/aromatic N) is 1. The Kier molecular flexibility index (Phi) is 8.42. The quantitative estimate of drug-likeness (QED) is 0.411. The molecule has 2 aromatic rings. The molecule has 1 amide bonds. The molecule has 2 saturated carbocycles. The van der Waals surface area contributed by atoms with Crippen LogP contribution in [0.2, 0.25) is 0 Å². The van der Waals surface area contributed by atoms with Crippen LogP contribution in [0.15, 0.2) is 36.4 Å². The molecule has 4 atom stereocenters. The third-order valence-corrected chi connectivity index (χ3v) is 9.62. The smallest absolute Gasteiger partial charge is 0.315 e. The Morgan fingerprint density at radius 1 is 1.12 bits per heavy atom. The van der Waals surface area contributed by atoms with Gasteiger partial charge in [0.2, 0.25) is 5.91 Å². The van der Waals surface area contributed by atoms with Crippen LogP contribution in [0, 0.1) is 11.2 Å². The average Bonchev–Trinajstić information content (AvgIpc) is 3.39. The van der Waals surface area contributed by atoms with E-state index in [2.05, 4.69) is 24.1 Å². The van der Waals surface area contributed by atoms with Gasteiger partial charge in [0.05, 0.1) is 30.7 Å². The summed E-state index contributed by atoms with van der Waals surface area (Å²) in [6, 6.07) is 10.1. The minimum Gasteiger partial charge on any atom is -0.490 e. The molecule has 0 radical (unpaired) electrons. The van der Waals surface area contributed by atoms with Crippen molar-refractivity contribution >= 4 is 11.9 Å². The van der Waals surface area contributed by atoms with E-state index in [9.17, 15) is 14.7 Å². The fourth-order valence-electron chi connectivity index (χ4n) is 6.99. The van der Waals surface area contributed by atoms with Crippen LogP contribution < -0.4 is 10.1 Å². The maximum Gasteiger partial charge on any atom is 0.315 e. The Hall–Kier alpha value is -2.97. The number of halogens is 1. The fourth-order valence-corrected chi connectivity index (χ4v) is 6.99. The molecule has 0 bridgehead atoms. The number of carbonyl (C=O) groups is 2. The molecule has 1 heterocycles. The second kappa shape index (κ2) is 11.6. The Morgan fingerprint density at radius 3 is 2.48 bits per heavy atom. The zero-order chi connectivity index (χ0) is 30.4. The molecule has 0 unspecified atom stereocenters. The summed E-state index contributed by atoms with van der Waals surface area (Å²) in [5.41, 5.74) is 2.03. The summed E-state index contributed by atoms with van der Waals surface area (Å²) in [4.78, 5) is 27.9. The van der Waals surface area contributed by atoms with E-state index in [1.54, 1.807) is 19.9 Å². The number of amides is 1. The largest absolute Gasteiger partial charge is 0.490 e. The zero-order valence-electron chi connectivity index (χ0n) is 25.7. The van der Waals surface area contributed by atoms with Crippen LogP contribution in [0.5, 0.6) is 5.75 Å². The molecule has 8 heteroatoms. The summed E-state index contributed by atoms with van der Waals surface area (Å²) in [6.45, 7) is 8.78. The highest BCUT2D eigenvalue weighted by Crippen LogP contribution is 2.46. The molecular formula is C34H45FN2O5. The predicted molar refractivity (Wildman–Crippen MR) is 160 cm³/mol. The number of aliphatic hydroxyl groups excluding tert-OH is 1. The third-order valence-electron chi connectivity index (χ3n) is 9.62. The van der Waals surface area contributed by atoms with Crippen LogP contribution in [-0.4, -0.2) is 66.9 Å². The van der Waals surface area contributed by atoms with Crippen molar-refractivity contribution in [3.8, 4) is 16.9 Å². The number of likely N-dealkylation sites (N-methyl/N-ethyl adjacent to an activating group) is 1. The van der Waals surface area contributed by atoms with Crippen LogP contribution >= 0.6 is 0 Å². The van der Waals surface area contributed by atoms with E-state index in [-0.39, 0.29) is 41.2 Å². The first-order valence-electron chi connectivity index (χ1n) is 15.2. The lowest BCUT2D eigenvalue weighted by molar-refractivity contribution is -0.146. The molecule has 3 fully saturated rings. The van der Waals surface area contributed by atoms with Crippen LogP contribution in [0.3, 0.4) is 0 Å². The second-order valence-electron chi connectivity index (χ2n) is 13.8. The van der Waals surface area contributed by atoms with Crippen molar-refractivity contribution in [2.24, 2.45) is 5.41 Å². The van der Waals surface area contributed by atoms with E-state index in [1.807, 2.05) is 31.3 Å². The molecular weight excluding hydrogens is 535 g/mol. The van der Waals surface area contributed by atoms with E-state index >= 15 is 4.39 Å². The summed E-state index contributed by atoms with van der Waals surface area (Å²) < 4.78 is 26.9. The van der Waals surface area contributed by atoms with Gasteiger partial charge in [-0.3, -0.25) is 14.5 Å². The monoisotopic (exact) mass is 580 g/mol. The van der Waals surface area contributed by atoms with Crippen molar-refractivity contribution < 1.29 is 28.6 Å². The number of hydrogen-bond donors (Lipinski definition) is 2. The van der Waals surface area contributed by atoms with Gasteiger partial charge >= 0.3 is 5.97 Å². The van der Waals surface area contributed by atoms with Gasteiger partial charge in [0.15, 0.2) is 0 Å². The van der Waals surface area contributed by atoms with E-state index in [0.29, 0.717) is 29.7 Å². The van der Waals surface area contributed by atoms with E-state index in [4.69, 9.17) is 9.47 Å². The Balaban J connectivity index is 1.42. The number of rotatable bonds is 8. The second-order valence-corrected chi connectivity index (χ2v) is 13.8. The molecule has 3 aliphatic rings. The number of hydrogen-bond acceptors (Lipinski definition) is 6. The molecule has 2 aromatic carbocycles. The van der Waals surface area contributed by atoms with Crippen LogP contribution in [-0.2, 0) is 19.7 Å². The molecule has 2 N–H and O–H groups in total. The summed E-state index contributed by atoms with van der Waals surface area (Å²) in [5.74, 6) is 0.0343. The van der Waals surface area contributed by atoms with Gasteiger partial charge in [0, 0.05) is 24.9 Å². The fraction of sp³-hybridized carbons (Fsp3) is 0.588. The third kappa shape index (κ3) is 5.93. The number of benzene rings is 2. The van der Waals surface area contributed by atoms with Crippen molar-refractivity contribution in [1.29, 1.82) is 0 Å². The summed E-state index contributed by atoms with van der Waals surface area (Å²) in [6.07, 6.45) is 3.44. The molecule has 2 aliphatic carbocycles. The predicted octanol–water partition coefficient (Wildman–Crippen LogP) is 5.33. The number of esters is 1. The topological polar surface area (TPSA) is 88.1 Å². The highest BCUT2D eigenvalue weighted by molar-refractivity contribution is 5.84. The van der Waals surface area contributed by atoms with E-state index < -0.39 is 17.6 Å². The normalized spacial score (nSPS) is 26.1. The number of nitrogens with one attached hydrogen (secondary N) is 1. The van der Waals surface area contributed by atoms with E-state index in [1.165, 1.54) is 13.2 Å². The minimum atomic E-state index is -0.924. The van der Waals surface area contributed by atoms with Gasteiger partial charge in [-0.25, -0.2) is 4.39 Å². The first-order valence-corrected chi connectivity index (χ1v) is 15.2. The lowest BCUT2D eigenvalue weighted by Crippen LogP contribution is -2.48. The minimum absolute atomic E-state index is 0.0623. The average molecular weight is 581 g/mol. The van der Waals surface area contributed by atoms with Crippen molar-refractivity contribution in [3.63, 3.8) is 0 Å². The molecule has 228 valence electrons. The van der Waals surface area contributed by atoms with Gasteiger partial charge in [-0.05, 0) is 86.4 Å². The Labute approximate surface area is 248 Å². The van der Waals surface area contributed by atoms with Crippen LogP contribution in [0.4, 0.5) is 4.39 Å². The molecule has 42 heavy (non-hydrogen) atoms. The summed E-state index contributed by atoms with van der Waals surface area (Å²) in [5, 5.41) is 14.0. The van der Waals surface area contributed by atoms with Crippen LogP contribution in [0.25, 0.3) is 11.1 Å². The molecule has 1 saturated heterocycles. The first-order chi connectivity index (χ1) is 19.8. The lowest BCUT2D eigenvalue weighted by Gasteiger charge is -2.30. The first kappa shape index (κ1) is 30.5. The Morgan fingerprint density at radius 2 is 1.86 bits per heavy atom. The molecule has 7 nitrogen and oxygen atoms in total. The van der Waals surface area contributed by atoms with Crippen molar-refractivity contribution in [1.82, 2.24) is 10.2 Å². The molecule has 0 spiro atoms. The highest BCUT2D eigenvalue weighted by atomic mass is 19.1. The molecule has 0 aromatic heterocycles. The van der Waals surface area contributed by atoms with Crippen molar-refractivity contribution in [2.75, 3.05) is 20.7 Å². The highest BCUT2D eigenvalue weighted by Gasteiger charge is 2.42. The standard InChI is InChI=1S/C34H45FN2O5/c1-33(2)18-27(37(5)19-33)31(39)36-26-16-22(17-28(26)38)42-29-14-13-21(34(3,4)32(40)41-6)15-24(29)23-11-8-12-25(35)30(23)20-9-7-10-20/h8,11-15,20,22,26-28,38H,7,9-10,16-19H2,1-6H3,(H,36,39)/t22-,26-,27-,28+/m0/s1. The van der Waals surface area contributed by atoms with Gasteiger partial charge in [0.1, 0.15) is 17.7 Å². The van der Waals surface area contributed by atoms with Gasteiger partial charge in [-0.1, -0.05) is 38.5 Å². The van der Waals surface area contributed by atoms with Crippen molar-refractivity contribution in [2.45, 2.75) is 102 Å². The van der Waals surface area contributed by atoms with Gasteiger partial charge in [-0.15, -0.1) is 0 Å².